The quantitative estimate of drug-likeness (QED) is 0.513. The van der Waals surface area contributed by atoms with E-state index in [1.165, 1.54) is 0 Å². The highest BCUT2D eigenvalue weighted by Gasteiger charge is 1.97. The molecule has 0 unspecified atom stereocenters. The van der Waals surface area contributed by atoms with Crippen molar-refractivity contribution in [2.45, 2.75) is 0 Å². The number of benzene rings is 1. The fourth-order valence-electron chi connectivity index (χ4n) is 0.821. The van der Waals surface area contributed by atoms with Gasteiger partial charge in [-0.3, -0.25) is 0 Å². The first-order valence-corrected chi connectivity index (χ1v) is 4.58. The molecule has 3 heteroatoms. The lowest BCUT2D eigenvalue weighted by Crippen LogP contribution is -1.80. The number of hydrogen-bond acceptors (Lipinski definition) is 2. The zero-order chi connectivity index (χ0) is 9.68. The Labute approximate surface area is 87.7 Å². The van der Waals surface area contributed by atoms with E-state index < -0.39 is 0 Å². The molecule has 0 aliphatic carbocycles. The smallest absolute Gasteiger partial charge is 0.0992 e. The van der Waals surface area contributed by atoms with Gasteiger partial charge in [0, 0.05) is 5.56 Å². The molecule has 0 atom stereocenters. The van der Waals surface area contributed by atoms with Crippen LogP contribution in [0.2, 0.25) is 5.02 Å². The third-order valence-corrected chi connectivity index (χ3v) is 1.87. The van der Waals surface area contributed by atoms with Gasteiger partial charge in [0.1, 0.15) is 0 Å². The second-order valence-electron chi connectivity index (χ2n) is 2.27. The van der Waals surface area contributed by atoms with Crippen molar-refractivity contribution in [1.82, 2.24) is 0 Å². The van der Waals surface area contributed by atoms with Crippen molar-refractivity contribution in [3.63, 3.8) is 0 Å². The Morgan fingerprint density at radius 2 is 2.23 bits per heavy atom. The monoisotopic (exact) mass is 207 g/mol. The average molecular weight is 208 g/mol. The van der Waals surface area contributed by atoms with Crippen LogP contribution in [0.25, 0.3) is 0 Å². The summed E-state index contributed by atoms with van der Waals surface area (Å²) in [6.45, 7) is 0. The third-order valence-electron chi connectivity index (χ3n) is 1.40. The van der Waals surface area contributed by atoms with Crippen LogP contribution in [-0.2, 0) is 0 Å². The Morgan fingerprint density at radius 1 is 1.46 bits per heavy atom. The molecule has 0 amide bonds. The first kappa shape index (κ1) is 9.99. The van der Waals surface area contributed by atoms with E-state index in [9.17, 15) is 0 Å². The van der Waals surface area contributed by atoms with Gasteiger partial charge in [0.25, 0.3) is 0 Å². The van der Waals surface area contributed by atoms with Gasteiger partial charge in [0.15, 0.2) is 0 Å². The Bertz CT molecular complexity index is 409. The molecule has 13 heavy (non-hydrogen) atoms. The molecule has 0 bridgehead atoms. The van der Waals surface area contributed by atoms with Crippen molar-refractivity contribution in [2.75, 3.05) is 5.75 Å². The predicted molar refractivity (Wildman–Crippen MR) is 56.9 cm³/mol. The molecule has 0 aliphatic rings. The summed E-state index contributed by atoms with van der Waals surface area (Å²) in [4.78, 5) is 0. The Kier molecular flexibility index (Phi) is 3.71. The van der Waals surface area contributed by atoms with Crippen molar-refractivity contribution in [2.24, 2.45) is 0 Å². The molecule has 1 rings (SSSR count). The summed E-state index contributed by atoms with van der Waals surface area (Å²) in [6, 6.07) is 7.03. The number of hydrogen-bond donors (Lipinski definition) is 1. The Balaban J connectivity index is 3.07. The summed E-state index contributed by atoms with van der Waals surface area (Å²) >= 11 is 9.82. The Hall–Kier alpha value is -1.09. The van der Waals surface area contributed by atoms with Gasteiger partial charge in [-0.05, 0) is 18.2 Å². The molecule has 1 aromatic carbocycles. The van der Waals surface area contributed by atoms with Crippen LogP contribution in [0, 0.1) is 23.2 Å². The zero-order valence-electron chi connectivity index (χ0n) is 6.71. The topological polar surface area (TPSA) is 23.8 Å². The van der Waals surface area contributed by atoms with E-state index in [4.69, 9.17) is 16.9 Å². The van der Waals surface area contributed by atoms with E-state index in [0.29, 0.717) is 16.3 Å². The first-order valence-electron chi connectivity index (χ1n) is 3.57. The highest BCUT2D eigenvalue weighted by molar-refractivity contribution is 7.80. The SMILES string of the molecule is N#Cc1ccc(C#CCS)c(Cl)c1. The highest BCUT2D eigenvalue weighted by atomic mass is 35.5. The number of nitriles is 1. The lowest BCUT2D eigenvalue weighted by molar-refractivity contribution is 1.48. The lowest BCUT2D eigenvalue weighted by atomic mass is 10.1. The van der Waals surface area contributed by atoms with E-state index in [0.717, 1.165) is 5.56 Å². The molecule has 0 heterocycles. The van der Waals surface area contributed by atoms with E-state index >= 15 is 0 Å². The Morgan fingerprint density at radius 3 is 2.77 bits per heavy atom. The number of halogens is 1. The maximum absolute atomic E-state index is 8.57. The third kappa shape index (κ3) is 2.70. The van der Waals surface area contributed by atoms with Gasteiger partial charge in [0.05, 0.1) is 22.4 Å². The molecule has 0 radical (unpaired) electrons. The molecule has 64 valence electrons. The van der Waals surface area contributed by atoms with Crippen LogP contribution < -0.4 is 0 Å². The number of rotatable bonds is 0. The maximum Gasteiger partial charge on any atom is 0.0992 e. The molecule has 0 saturated carbocycles. The van der Waals surface area contributed by atoms with Crippen LogP contribution >= 0.6 is 24.2 Å². The minimum atomic E-state index is 0.496. The average Bonchev–Trinajstić information content (AvgIpc) is 2.16. The van der Waals surface area contributed by atoms with Crippen LogP contribution in [0.4, 0.5) is 0 Å². The van der Waals surface area contributed by atoms with Gasteiger partial charge < -0.3 is 0 Å². The summed E-state index contributed by atoms with van der Waals surface area (Å²) in [5.74, 6) is 6.13. The molecule has 0 fully saturated rings. The van der Waals surface area contributed by atoms with E-state index in [1.54, 1.807) is 18.2 Å². The molecule has 0 spiro atoms. The first-order chi connectivity index (χ1) is 6.27. The van der Waals surface area contributed by atoms with Crippen LogP contribution in [0.15, 0.2) is 18.2 Å². The molecule has 1 aromatic rings. The minimum absolute atomic E-state index is 0.496. The highest BCUT2D eigenvalue weighted by Crippen LogP contribution is 2.16. The largest absolute Gasteiger partial charge is 0.192 e. The lowest BCUT2D eigenvalue weighted by Gasteiger charge is -1.94. The minimum Gasteiger partial charge on any atom is -0.192 e. The van der Waals surface area contributed by atoms with Crippen LogP contribution in [0.5, 0.6) is 0 Å². The molecular formula is C10H6ClNS. The fraction of sp³-hybridized carbons (Fsp3) is 0.100. The summed E-state index contributed by atoms with van der Waals surface area (Å²) in [5.41, 5.74) is 1.27. The van der Waals surface area contributed by atoms with Crippen molar-refractivity contribution in [3.8, 4) is 17.9 Å². The van der Waals surface area contributed by atoms with Crippen LogP contribution in [0.3, 0.4) is 0 Å². The number of thiol groups is 1. The second kappa shape index (κ2) is 4.82. The second-order valence-corrected chi connectivity index (χ2v) is 2.99. The van der Waals surface area contributed by atoms with Gasteiger partial charge in [0.2, 0.25) is 0 Å². The summed E-state index contributed by atoms with van der Waals surface area (Å²) in [7, 11) is 0. The summed E-state index contributed by atoms with van der Waals surface area (Å²) in [6.07, 6.45) is 0. The zero-order valence-corrected chi connectivity index (χ0v) is 8.36. The molecule has 0 aliphatic heterocycles. The summed E-state index contributed by atoms with van der Waals surface area (Å²) < 4.78 is 0. The van der Waals surface area contributed by atoms with E-state index in [-0.39, 0.29) is 0 Å². The van der Waals surface area contributed by atoms with Crippen LogP contribution in [-0.4, -0.2) is 5.75 Å². The maximum atomic E-state index is 8.57. The standard InChI is InChI=1S/C10H6ClNS/c11-10-6-8(7-12)3-4-9(10)2-1-5-13/h3-4,6,13H,5H2. The molecular weight excluding hydrogens is 202 g/mol. The summed E-state index contributed by atoms with van der Waals surface area (Å²) in [5, 5.41) is 9.08. The normalized spacial score (nSPS) is 8.38. The van der Waals surface area contributed by atoms with Gasteiger partial charge >= 0.3 is 0 Å². The van der Waals surface area contributed by atoms with Crippen molar-refractivity contribution >= 4 is 24.2 Å². The van der Waals surface area contributed by atoms with E-state index in [2.05, 4.69) is 24.5 Å². The number of nitrogens with zero attached hydrogens (tertiary/aromatic N) is 1. The van der Waals surface area contributed by atoms with Crippen molar-refractivity contribution < 1.29 is 0 Å². The predicted octanol–water partition coefficient (Wildman–Crippen LogP) is 2.49. The van der Waals surface area contributed by atoms with Gasteiger partial charge in [-0.25, -0.2) is 0 Å². The molecule has 0 aromatic heterocycles. The van der Waals surface area contributed by atoms with Gasteiger partial charge in [-0.2, -0.15) is 17.9 Å². The van der Waals surface area contributed by atoms with Crippen molar-refractivity contribution in [3.05, 3.63) is 34.3 Å². The van der Waals surface area contributed by atoms with E-state index in [1.807, 2.05) is 6.07 Å². The van der Waals surface area contributed by atoms with Gasteiger partial charge in [-0.1, -0.05) is 23.4 Å². The van der Waals surface area contributed by atoms with Crippen LogP contribution in [0.1, 0.15) is 11.1 Å². The molecule has 1 nitrogen and oxygen atoms in total. The van der Waals surface area contributed by atoms with Crippen molar-refractivity contribution in [1.29, 1.82) is 5.26 Å². The molecule has 0 saturated heterocycles. The molecule has 0 N–H and O–H groups in total. The van der Waals surface area contributed by atoms with Gasteiger partial charge in [-0.15, -0.1) is 0 Å². The fourth-order valence-corrected chi connectivity index (χ4v) is 1.13.